The molecule has 0 heterocycles. The molecule has 0 saturated heterocycles. The van der Waals surface area contributed by atoms with Crippen LogP contribution in [0.15, 0.2) is 18.2 Å². The second-order valence-electron chi connectivity index (χ2n) is 3.76. The lowest BCUT2D eigenvalue weighted by molar-refractivity contribution is -0.128. The molecule has 5 heteroatoms. The summed E-state index contributed by atoms with van der Waals surface area (Å²) in [5, 5.41) is 4.14. The van der Waals surface area contributed by atoms with E-state index < -0.39 is 0 Å². The number of amides is 1. The Hall–Kier alpha value is -0.770. The molecule has 1 N–H and O–H groups in total. The molecule has 3 nitrogen and oxygen atoms in total. The van der Waals surface area contributed by atoms with Crippen LogP contribution in [0.3, 0.4) is 0 Å². The minimum absolute atomic E-state index is 0.0764. The number of nitrogens with zero attached hydrogens (tertiary/aromatic N) is 1. The summed E-state index contributed by atoms with van der Waals surface area (Å²) in [6.45, 7) is 3.58. The predicted molar refractivity (Wildman–Crippen MR) is 71.5 cm³/mol. The van der Waals surface area contributed by atoms with Crippen molar-refractivity contribution in [2.45, 2.75) is 13.5 Å². The van der Waals surface area contributed by atoms with Crippen LogP contribution < -0.4 is 5.32 Å². The molecule has 1 amide bonds. The quantitative estimate of drug-likeness (QED) is 0.895. The number of benzene rings is 1. The summed E-state index contributed by atoms with van der Waals surface area (Å²) in [5.74, 6) is 0.0764. The van der Waals surface area contributed by atoms with E-state index in [4.69, 9.17) is 23.2 Å². The zero-order valence-corrected chi connectivity index (χ0v) is 11.5. The van der Waals surface area contributed by atoms with Gasteiger partial charge in [0, 0.05) is 20.1 Å². The molecule has 0 unspecified atom stereocenters. The third-order valence-corrected chi connectivity index (χ3v) is 3.23. The largest absolute Gasteiger partial charge is 0.345 e. The fraction of sp³-hybridized carbons (Fsp3) is 0.417. The van der Waals surface area contributed by atoms with Gasteiger partial charge in [0.25, 0.3) is 0 Å². The van der Waals surface area contributed by atoms with E-state index in [0.717, 1.165) is 5.56 Å². The van der Waals surface area contributed by atoms with Crippen LogP contribution in [0.2, 0.25) is 10.0 Å². The third kappa shape index (κ3) is 4.54. The third-order valence-electron chi connectivity index (χ3n) is 2.49. The van der Waals surface area contributed by atoms with Crippen LogP contribution >= 0.6 is 23.2 Å². The number of likely N-dealkylation sites (N-methyl/N-ethyl adjacent to an activating group) is 1. The van der Waals surface area contributed by atoms with Crippen molar-refractivity contribution in [1.29, 1.82) is 0 Å². The van der Waals surface area contributed by atoms with Crippen LogP contribution in [0.5, 0.6) is 0 Å². The molecule has 1 aromatic rings. The van der Waals surface area contributed by atoms with Crippen molar-refractivity contribution in [1.82, 2.24) is 10.2 Å². The molecule has 0 radical (unpaired) electrons. The van der Waals surface area contributed by atoms with E-state index in [1.54, 1.807) is 24.1 Å². The molecule has 0 bridgehead atoms. The summed E-state index contributed by atoms with van der Waals surface area (Å²) >= 11 is 11.7. The second kappa shape index (κ2) is 6.84. The van der Waals surface area contributed by atoms with Gasteiger partial charge in [0.2, 0.25) is 5.91 Å². The highest BCUT2D eigenvalue weighted by Gasteiger charge is 2.05. The van der Waals surface area contributed by atoms with Crippen LogP contribution in [-0.4, -0.2) is 30.9 Å². The fourth-order valence-corrected chi connectivity index (χ4v) is 1.60. The van der Waals surface area contributed by atoms with Crippen LogP contribution in [-0.2, 0) is 11.3 Å². The van der Waals surface area contributed by atoms with Crippen molar-refractivity contribution in [3.63, 3.8) is 0 Å². The number of carbonyl (C=O) groups excluding carboxylic acids is 1. The second-order valence-corrected chi connectivity index (χ2v) is 4.57. The van der Waals surface area contributed by atoms with Gasteiger partial charge in [-0.1, -0.05) is 29.3 Å². The first-order valence-corrected chi connectivity index (χ1v) is 6.18. The van der Waals surface area contributed by atoms with E-state index in [-0.39, 0.29) is 5.91 Å². The van der Waals surface area contributed by atoms with Crippen molar-refractivity contribution >= 4 is 29.1 Å². The Morgan fingerprint density at radius 3 is 2.65 bits per heavy atom. The first-order chi connectivity index (χ1) is 8.04. The summed E-state index contributed by atoms with van der Waals surface area (Å²) < 4.78 is 0. The lowest BCUT2D eigenvalue weighted by Gasteiger charge is -2.14. The van der Waals surface area contributed by atoms with E-state index in [9.17, 15) is 4.79 Å². The van der Waals surface area contributed by atoms with Gasteiger partial charge >= 0.3 is 0 Å². The monoisotopic (exact) mass is 274 g/mol. The lowest BCUT2D eigenvalue weighted by atomic mass is 10.2. The van der Waals surface area contributed by atoms with Gasteiger partial charge in [0.05, 0.1) is 16.6 Å². The van der Waals surface area contributed by atoms with E-state index in [0.29, 0.717) is 29.7 Å². The molecule has 0 atom stereocenters. The molecule has 0 saturated carbocycles. The molecule has 1 rings (SSSR count). The first-order valence-electron chi connectivity index (χ1n) is 5.43. The van der Waals surface area contributed by atoms with Crippen molar-refractivity contribution in [3.05, 3.63) is 33.8 Å². The van der Waals surface area contributed by atoms with Crippen molar-refractivity contribution in [2.24, 2.45) is 0 Å². The van der Waals surface area contributed by atoms with Crippen molar-refractivity contribution in [2.75, 3.05) is 20.1 Å². The molecule has 0 aliphatic heterocycles. The Balaban J connectivity index is 2.41. The van der Waals surface area contributed by atoms with Gasteiger partial charge in [-0.15, -0.1) is 0 Å². The summed E-state index contributed by atoms with van der Waals surface area (Å²) in [6, 6.07) is 5.43. The van der Waals surface area contributed by atoms with Crippen molar-refractivity contribution in [3.8, 4) is 0 Å². The molecule has 0 spiro atoms. The van der Waals surface area contributed by atoms with Gasteiger partial charge in [0.15, 0.2) is 0 Å². The zero-order chi connectivity index (χ0) is 12.8. The molecule has 94 valence electrons. The molecule has 17 heavy (non-hydrogen) atoms. The minimum Gasteiger partial charge on any atom is -0.345 e. The highest BCUT2D eigenvalue weighted by atomic mass is 35.5. The first kappa shape index (κ1) is 14.3. The van der Waals surface area contributed by atoms with Crippen LogP contribution in [0, 0.1) is 0 Å². The molecular weight excluding hydrogens is 259 g/mol. The van der Waals surface area contributed by atoms with Gasteiger partial charge in [-0.05, 0) is 24.6 Å². The highest BCUT2D eigenvalue weighted by Crippen LogP contribution is 2.22. The maximum atomic E-state index is 11.5. The number of hydrogen-bond acceptors (Lipinski definition) is 2. The van der Waals surface area contributed by atoms with Crippen molar-refractivity contribution < 1.29 is 4.79 Å². The average molecular weight is 275 g/mol. The molecule has 1 aromatic carbocycles. The zero-order valence-electron chi connectivity index (χ0n) is 9.96. The lowest BCUT2D eigenvalue weighted by Crippen LogP contribution is -2.35. The Morgan fingerprint density at radius 1 is 1.35 bits per heavy atom. The number of halogens is 2. The topological polar surface area (TPSA) is 32.3 Å². The van der Waals surface area contributed by atoms with Crippen LogP contribution in [0.25, 0.3) is 0 Å². The molecule has 0 aliphatic rings. The minimum atomic E-state index is 0.0764. The highest BCUT2D eigenvalue weighted by molar-refractivity contribution is 6.42. The predicted octanol–water partition coefficient (Wildman–Crippen LogP) is 2.56. The standard InChI is InChI=1S/C12H16Cl2N2O/c1-3-16(2)12(17)8-15-7-9-4-5-10(13)11(14)6-9/h4-6,15H,3,7-8H2,1-2H3. The van der Waals surface area contributed by atoms with E-state index >= 15 is 0 Å². The Kier molecular flexibility index (Phi) is 5.75. The van der Waals surface area contributed by atoms with Crippen LogP contribution in [0.4, 0.5) is 0 Å². The summed E-state index contributed by atoms with van der Waals surface area (Å²) in [4.78, 5) is 13.2. The SMILES string of the molecule is CCN(C)C(=O)CNCc1ccc(Cl)c(Cl)c1. The normalized spacial score (nSPS) is 10.4. The Morgan fingerprint density at radius 2 is 2.06 bits per heavy atom. The maximum Gasteiger partial charge on any atom is 0.236 e. The van der Waals surface area contributed by atoms with Gasteiger partial charge in [0.1, 0.15) is 0 Å². The van der Waals surface area contributed by atoms with E-state index in [1.807, 2.05) is 13.0 Å². The Bertz CT molecular complexity index is 396. The number of carbonyl (C=O) groups is 1. The van der Waals surface area contributed by atoms with E-state index in [2.05, 4.69) is 5.32 Å². The summed E-state index contributed by atoms with van der Waals surface area (Å²) in [5.41, 5.74) is 1.01. The smallest absolute Gasteiger partial charge is 0.236 e. The molecule has 0 fully saturated rings. The van der Waals surface area contributed by atoms with Gasteiger partial charge in [-0.25, -0.2) is 0 Å². The molecular formula is C12H16Cl2N2O. The molecule has 0 aromatic heterocycles. The maximum absolute atomic E-state index is 11.5. The Labute approximate surface area is 112 Å². The van der Waals surface area contributed by atoms with Gasteiger partial charge in [-0.2, -0.15) is 0 Å². The van der Waals surface area contributed by atoms with Gasteiger partial charge < -0.3 is 10.2 Å². The summed E-state index contributed by atoms with van der Waals surface area (Å²) in [7, 11) is 1.78. The van der Waals surface area contributed by atoms with Crippen LogP contribution in [0.1, 0.15) is 12.5 Å². The fourth-order valence-electron chi connectivity index (χ4n) is 1.27. The van der Waals surface area contributed by atoms with E-state index in [1.165, 1.54) is 0 Å². The number of rotatable bonds is 5. The molecule has 0 aliphatic carbocycles. The number of hydrogen-bond donors (Lipinski definition) is 1. The summed E-state index contributed by atoms with van der Waals surface area (Å²) in [6.07, 6.45) is 0. The average Bonchev–Trinajstić information content (AvgIpc) is 2.32. The number of nitrogens with one attached hydrogen (secondary N) is 1. The van der Waals surface area contributed by atoms with Gasteiger partial charge in [-0.3, -0.25) is 4.79 Å².